The smallest absolute Gasteiger partial charge is 0.321 e. The molecular weight excluding hydrogens is 260 g/mol. The Labute approximate surface area is 116 Å². The van der Waals surface area contributed by atoms with Crippen LogP contribution in [-0.4, -0.2) is 24.2 Å². The highest BCUT2D eigenvalue weighted by Crippen LogP contribution is 2.19. The zero-order valence-corrected chi connectivity index (χ0v) is 11.7. The lowest BCUT2D eigenvalue weighted by Gasteiger charge is -2.16. The number of nitrogens with one attached hydrogen (secondary N) is 1. The van der Waals surface area contributed by atoms with Crippen LogP contribution in [0.5, 0.6) is 0 Å². The molecule has 0 aliphatic carbocycles. The Balaban J connectivity index is 1.96. The van der Waals surface area contributed by atoms with Gasteiger partial charge in [-0.1, -0.05) is 6.07 Å². The number of benzene rings is 1. The molecule has 0 unspecified atom stereocenters. The molecule has 1 aromatic carbocycles. The lowest BCUT2D eigenvalue weighted by molar-refractivity contribution is 0.217. The summed E-state index contributed by atoms with van der Waals surface area (Å²) in [4.78, 5) is 14.7. The van der Waals surface area contributed by atoms with Gasteiger partial charge in [-0.3, -0.25) is 0 Å². The van der Waals surface area contributed by atoms with Gasteiger partial charge < -0.3 is 14.6 Å². The Morgan fingerprint density at radius 1 is 1.37 bits per heavy atom. The average Bonchev–Trinajstić information content (AvgIpc) is 2.91. The standard InChI is InChI=1S/C14H16N2O2S/c1-16(10-12-6-4-8-18-12)14(17)15-11-5-3-7-13(9-11)19-2/h3-9H,10H2,1-2H3,(H,15,17). The Morgan fingerprint density at radius 3 is 2.89 bits per heavy atom. The van der Waals surface area contributed by atoms with Crippen LogP contribution < -0.4 is 5.32 Å². The zero-order valence-electron chi connectivity index (χ0n) is 10.9. The average molecular weight is 276 g/mol. The van der Waals surface area contributed by atoms with Crippen molar-refractivity contribution >= 4 is 23.5 Å². The second-order valence-corrected chi connectivity index (χ2v) is 4.98. The maximum atomic E-state index is 12.0. The maximum absolute atomic E-state index is 12.0. The van der Waals surface area contributed by atoms with Crippen LogP contribution in [0.25, 0.3) is 0 Å². The fraction of sp³-hybridized carbons (Fsp3) is 0.214. The number of carbonyl (C=O) groups is 1. The van der Waals surface area contributed by atoms with Crippen LogP contribution >= 0.6 is 11.8 Å². The highest BCUT2D eigenvalue weighted by molar-refractivity contribution is 7.98. The summed E-state index contributed by atoms with van der Waals surface area (Å²) >= 11 is 1.64. The second-order valence-electron chi connectivity index (χ2n) is 4.10. The number of carbonyl (C=O) groups excluding carboxylic acids is 1. The van der Waals surface area contributed by atoms with E-state index in [4.69, 9.17) is 4.42 Å². The minimum absolute atomic E-state index is 0.158. The van der Waals surface area contributed by atoms with Gasteiger partial charge in [0.15, 0.2) is 0 Å². The Morgan fingerprint density at radius 2 is 2.21 bits per heavy atom. The summed E-state index contributed by atoms with van der Waals surface area (Å²) in [5.74, 6) is 0.760. The van der Waals surface area contributed by atoms with Gasteiger partial charge in [0, 0.05) is 17.6 Å². The van der Waals surface area contributed by atoms with Gasteiger partial charge in [-0.25, -0.2) is 4.79 Å². The van der Waals surface area contributed by atoms with E-state index in [-0.39, 0.29) is 6.03 Å². The van der Waals surface area contributed by atoms with Crippen LogP contribution in [0, 0.1) is 0 Å². The van der Waals surface area contributed by atoms with E-state index in [1.807, 2.05) is 42.7 Å². The number of urea groups is 1. The molecule has 0 fully saturated rings. The van der Waals surface area contributed by atoms with Gasteiger partial charge in [0.1, 0.15) is 5.76 Å². The topological polar surface area (TPSA) is 45.5 Å². The molecule has 1 heterocycles. The summed E-state index contributed by atoms with van der Waals surface area (Å²) in [6.07, 6.45) is 3.60. The van der Waals surface area contributed by atoms with Crippen LogP contribution in [0.4, 0.5) is 10.5 Å². The summed E-state index contributed by atoms with van der Waals surface area (Å²) in [5, 5.41) is 2.86. The Hall–Kier alpha value is -1.88. The van der Waals surface area contributed by atoms with E-state index in [1.165, 1.54) is 0 Å². The molecule has 0 atom stereocenters. The molecule has 2 aromatic rings. The van der Waals surface area contributed by atoms with E-state index in [0.717, 1.165) is 16.3 Å². The van der Waals surface area contributed by atoms with Gasteiger partial charge in [0.25, 0.3) is 0 Å². The Bertz CT molecular complexity index is 540. The van der Waals surface area contributed by atoms with Crippen molar-refractivity contribution in [3.8, 4) is 0 Å². The first kappa shape index (κ1) is 13.5. The minimum atomic E-state index is -0.158. The first-order chi connectivity index (χ1) is 9.19. The number of hydrogen-bond donors (Lipinski definition) is 1. The van der Waals surface area contributed by atoms with Crippen LogP contribution in [0.3, 0.4) is 0 Å². The van der Waals surface area contributed by atoms with Crippen molar-refractivity contribution in [2.75, 3.05) is 18.6 Å². The molecule has 1 N–H and O–H groups in total. The summed E-state index contributed by atoms with van der Waals surface area (Å²) in [7, 11) is 1.73. The number of anilines is 1. The third-order valence-corrected chi connectivity index (χ3v) is 3.37. The van der Waals surface area contributed by atoms with Crippen LogP contribution in [0.1, 0.15) is 5.76 Å². The van der Waals surface area contributed by atoms with Gasteiger partial charge in [-0.05, 0) is 36.6 Å². The van der Waals surface area contributed by atoms with Crippen molar-refractivity contribution in [1.29, 1.82) is 0 Å². The molecule has 5 heteroatoms. The lowest BCUT2D eigenvalue weighted by Crippen LogP contribution is -2.30. The summed E-state index contributed by atoms with van der Waals surface area (Å²) in [6.45, 7) is 0.445. The number of nitrogens with zero attached hydrogens (tertiary/aromatic N) is 1. The summed E-state index contributed by atoms with van der Waals surface area (Å²) in [5.41, 5.74) is 0.795. The number of furan rings is 1. The van der Waals surface area contributed by atoms with Gasteiger partial charge in [0.05, 0.1) is 12.8 Å². The first-order valence-electron chi connectivity index (χ1n) is 5.87. The second kappa shape index (κ2) is 6.33. The van der Waals surface area contributed by atoms with E-state index in [0.29, 0.717) is 6.54 Å². The van der Waals surface area contributed by atoms with E-state index in [9.17, 15) is 4.79 Å². The number of hydrogen-bond acceptors (Lipinski definition) is 3. The molecule has 19 heavy (non-hydrogen) atoms. The molecule has 4 nitrogen and oxygen atoms in total. The van der Waals surface area contributed by atoms with Crippen molar-refractivity contribution < 1.29 is 9.21 Å². The number of amides is 2. The van der Waals surface area contributed by atoms with Crippen molar-refractivity contribution in [2.45, 2.75) is 11.4 Å². The molecule has 0 aliphatic rings. The maximum Gasteiger partial charge on any atom is 0.321 e. The summed E-state index contributed by atoms with van der Waals surface area (Å²) in [6, 6.07) is 11.2. The highest BCUT2D eigenvalue weighted by Gasteiger charge is 2.10. The fourth-order valence-corrected chi connectivity index (χ4v) is 2.09. The van der Waals surface area contributed by atoms with Crippen molar-refractivity contribution in [3.05, 3.63) is 48.4 Å². The summed E-state index contributed by atoms with van der Waals surface area (Å²) < 4.78 is 5.22. The Kier molecular flexibility index (Phi) is 4.52. The molecule has 0 aliphatic heterocycles. The molecule has 0 radical (unpaired) electrons. The molecular formula is C14H16N2O2S. The highest BCUT2D eigenvalue weighted by atomic mass is 32.2. The van der Waals surface area contributed by atoms with Gasteiger partial charge in [-0.2, -0.15) is 0 Å². The number of rotatable bonds is 4. The van der Waals surface area contributed by atoms with Crippen LogP contribution in [0.2, 0.25) is 0 Å². The first-order valence-corrected chi connectivity index (χ1v) is 7.10. The monoisotopic (exact) mass is 276 g/mol. The molecule has 2 rings (SSSR count). The zero-order chi connectivity index (χ0) is 13.7. The normalized spacial score (nSPS) is 10.2. The quantitative estimate of drug-likeness (QED) is 0.867. The molecule has 0 saturated carbocycles. The molecule has 2 amide bonds. The van der Waals surface area contributed by atoms with Crippen LogP contribution in [-0.2, 0) is 6.54 Å². The third kappa shape index (κ3) is 3.79. The van der Waals surface area contributed by atoms with E-state index >= 15 is 0 Å². The molecule has 1 aromatic heterocycles. The predicted octanol–water partition coefficient (Wildman–Crippen LogP) is 3.67. The predicted molar refractivity (Wildman–Crippen MR) is 77.4 cm³/mol. The van der Waals surface area contributed by atoms with Crippen molar-refractivity contribution in [2.24, 2.45) is 0 Å². The van der Waals surface area contributed by atoms with Crippen molar-refractivity contribution in [1.82, 2.24) is 4.90 Å². The minimum Gasteiger partial charge on any atom is -0.467 e. The SMILES string of the molecule is CSc1cccc(NC(=O)N(C)Cc2ccco2)c1. The molecule has 0 spiro atoms. The van der Waals surface area contributed by atoms with Crippen LogP contribution in [0.15, 0.2) is 52.0 Å². The van der Waals surface area contributed by atoms with Gasteiger partial charge in [0.2, 0.25) is 0 Å². The number of thioether (sulfide) groups is 1. The van der Waals surface area contributed by atoms with Gasteiger partial charge >= 0.3 is 6.03 Å². The van der Waals surface area contributed by atoms with E-state index in [1.54, 1.807) is 30.0 Å². The van der Waals surface area contributed by atoms with E-state index < -0.39 is 0 Å². The largest absolute Gasteiger partial charge is 0.467 e. The lowest BCUT2D eigenvalue weighted by atomic mass is 10.3. The fourth-order valence-electron chi connectivity index (χ4n) is 1.63. The van der Waals surface area contributed by atoms with E-state index in [2.05, 4.69) is 5.32 Å². The molecule has 100 valence electrons. The van der Waals surface area contributed by atoms with Crippen molar-refractivity contribution in [3.63, 3.8) is 0 Å². The molecule has 0 saturated heterocycles. The third-order valence-electron chi connectivity index (χ3n) is 2.64. The van der Waals surface area contributed by atoms with Gasteiger partial charge in [-0.15, -0.1) is 11.8 Å². The molecule has 0 bridgehead atoms.